The van der Waals surface area contributed by atoms with Gasteiger partial charge in [-0.3, -0.25) is 10.3 Å². The number of imidazole rings is 1. The van der Waals surface area contributed by atoms with Crippen LogP contribution in [0.15, 0.2) is 41.8 Å². The fourth-order valence-corrected chi connectivity index (χ4v) is 2.30. The SMILES string of the molecule is Cc1cncn1CCCN=C(NC#N)Nc1ccc(C(C)C)cc1. The minimum absolute atomic E-state index is 0.470. The lowest BCUT2D eigenvalue weighted by atomic mass is 10.0. The number of aromatic nitrogens is 2. The first kappa shape index (κ1) is 17.5. The van der Waals surface area contributed by atoms with Gasteiger partial charge in [-0.1, -0.05) is 26.0 Å². The van der Waals surface area contributed by atoms with Gasteiger partial charge >= 0.3 is 0 Å². The highest BCUT2D eigenvalue weighted by Gasteiger charge is 2.02. The fourth-order valence-electron chi connectivity index (χ4n) is 2.30. The zero-order valence-corrected chi connectivity index (χ0v) is 14.5. The number of nitrogens with zero attached hydrogens (tertiary/aromatic N) is 4. The van der Waals surface area contributed by atoms with Crippen molar-refractivity contribution in [3.05, 3.63) is 48.0 Å². The zero-order valence-electron chi connectivity index (χ0n) is 14.5. The van der Waals surface area contributed by atoms with Gasteiger partial charge in [0.25, 0.3) is 0 Å². The van der Waals surface area contributed by atoms with Gasteiger partial charge in [0.15, 0.2) is 6.19 Å². The summed E-state index contributed by atoms with van der Waals surface area (Å²) in [6.07, 6.45) is 6.46. The molecule has 0 saturated heterocycles. The molecule has 0 aliphatic heterocycles. The molecule has 24 heavy (non-hydrogen) atoms. The molecule has 2 rings (SSSR count). The summed E-state index contributed by atoms with van der Waals surface area (Å²) in [5.74, 6) is 0.966. The third kappa shape index (κ3) is 5.13. The molecule has 1 aromatic heterocycles. The first-order valence-electron chi connectivity index (χ1n) is 8.13. The number of rotatable bonds is 6. The van der Waals surface area contributed by atoms with E-state index in [0.29, 0.717) is 18.4 Å². The molecule has 0 bridgehead atoms. The molecule has 0 aliphatic carbocycles. The molecule has 2 N–H and O–H groups in total. The topological polar surface area (TPSA) is 78.0 Å². The second kappa shape index (κ2) is 8.73. The van der Waals surface area contributed by atoms with Gasteiger partial charge in [-0.05, 0) is 37.0 Å². The van der Waals surface area contributed by atoms with E-state index in [2.05, 4.69) is 51.2 Å². The Labute approximate surface area is 143 Å². The van der Waals surface area contributed by atoms with Crippen LogP contribution in [-0.2, 0) is 6.54 Å². The lowest BCUT2D eigenvalue weighted by Gasteiger charge is -2.10. The van der Waals surface area contributed by atoms with Crippen molar-refractivity contribution in [2.45, 2.75) is 39.7 Å². The minimum Gasteiger partial charge on any atom is -0.335 e. The van der Waals surface area contributed by atoms with Crippen molar-refractivity contribution in [1.29, 1.82) is 5.26 Å². The number of aryl methyl sites for hydroxylation is 2. The summed E-state index contributed by atoms with van der Waals surface area (Å²) in [4.78, 5) is 8.53. The largest absolute Gasteiger partial charge is 0.335 e. The van der Waals surface area contributed by atoms with Crippen LogP contribution in [0.5, 0.6) is 0 Å². The summed E-state index contributed by atoms with van der Waals surface area (Å²) in [7, 11) is 0. The van der Waals surface area contributed by atoms with E-state index in [0.717, 1.165) is 24.3 Å². The molecule has 0 aliphatic rings. The van der Waals surface area contributed by atoms with Crippen molar-refractivity contribution in [2.24, 2.45) is 4.99 Å². The van der Waals surface area contributed by atoms with E-state index in [1.165, 1.54) is 5.56 Å². The maximum Gasteiger partial charge on any atom is 0.209 e. The van der Waals surface area contributed by atoms with Gasteiger partial charge < -0.3 is 9.88 Å². The van der Waals surface area contributed by atoms with Gasteiger partial charge in [0.1, 0.15) is 0 Å². The summed E-state index contributed by atoms with van der Waals surface area (Å²) in [6.45, 7) is 7.83. The van der Waals surface area contributed by atoms with Crippen LogP contribution in [0.25, 0.3) is 0 Å². The molecule has 126 valence electrons. The van der Waals surface area contributed by atoms with Crippen molar-refractivity contribution in [1.82, 2.24) is 14.9 Å². The molecule has 0 unspecified atom stereocenters. The zero-order chi connectivity index (χ0) is 17.4. The van der Waals surface area contributed by atoms with Crippen LogP contribution in [-0.4, -0.2) is 22.1 Å². The van der Waals surface area contributed by atoms with Crippen LogP contribution in [0.1, 0.15) is 37.4 Å². The van der Waals surface area contributed by atoms with Crippen LogP contribution in [0.4, 0.5) is 5.69 Å². The molecule has 6 nitrogen and oxygen atoms in total. The minimum atomic E-state index is 0.470. The lowest BCUT2D eigenvalue weighted by molar-refractivity contribution is 0.636. The molecular formula is C18H24N6. The van der Waals surface area contributed by atoms with E-state index < -0.39 is 0 Å². The van der Waals surface area contributed by atoms with E-state index in [9.17, 15) is 0 Å². The summed E-state index contributed by atoms with van der Waals surface area (Å²) < 4.78 is 2.09. The van der Waals surface area contributed by atoms with Crippen LogP contribution >= 0.6 is 0 Å². The van der Waals surface area contributed by atoms with E-state index >= 15 is 0 Å². The smallest absolute Gasteiger partial charge is 0.209 e. The molecule has 1 heterocycles. The third-order valence-electron chi connectivity index (χ3n) is 3.76. The molecule has 6 heteroatoms. The Hall–Kier alpha value is -2.81. The molecule has 1 aromatic carbocycles. The third-order valence-corrected chi connectivity index (χ3v) is 3.76. The predicted molar refractivity (Wildman–Crippen MR) is 96.8 cm³/mol. The van der Waals surface area contributed by atoms with Gasteiger partial charge in [-0.25, -0.2) is 4.98 Å². The monoisotopic (exact) mass is 324 g/mol. The van der Waals surface area contributed by atoms with Crippen molar-refractivity contribution < 1.29 is 0 Å². The molecular weight excluding hydrogens is 300 g/mol. The average Bonchev–Trinajstić information content (AvgIpc) is 2.97. The number of guanidine groups is 1. The van der Waals surface area contributed by atoms with Crippen molar-refractivity contribution >= 4 is 11.6 Å². The predicted octanol–water partition coefficient (Wildman–Crippen LogP) is 3.24. The highest BCUT2D eigenvalue weighted by molar-refractivity contribution is 5.94. The number of hydrogen-bond donors (Lipinski definition) is 2. The standard InChI is InChI=1S/C18H24N6/c1-14(2)16-5-7-17(8-6-16)23-18(22-12-19)21-9-4-10-24-13-20-11-15(24)3/h5-8,11,13-14H,4,9-10H2,1-3H3,(H2,21,22,23). The fraction of sp³-hybridized carbons (Fsp3) is 0.389. The van der Waals surface area contributed by atoms with E-state index in [1.807, 2.05) is 37.8 Å². The van der Waals surface area contributed by atoms with Crippen LogP contribution in [0, 0.1) is 18.4 Å². The van der Waals surface area contributed by atoms with Crippen LogP contribution in [0.2, 0.25) is 0 Å². The lowest BCUT2D eigenvalue weighted by Crippen LogP contribution is -2.27. The number of hydrogen-bond acceptors (Lipinski definition) is 3. The maximum atomic E-state index is 8.88. The van der Waals surface area contributed by atoms with E-state index in [1.54, 1.807) is 0 Å². The highest BCUT2D eigenvalue weighted by Crippen LogP contribution is 2.17. The van der Waals surface area contributed by atoms with Crippen LogP contribution < -0.4 is 10.6 Å². The van der Waals surface area contributed by atoms with E-state index in [4.69, 9.17) is 5.26 Å². The first-order valence-corrected chi connectivity index (χ1v) is 8.13. The summed E-state index contributed by atoms with van der Waals surface area (Å²) in [6, 6.07) is 8.16. The molecule has 2 aromatic rings. The van der Waals surface area contributed by atoms with Gasteiger partial charge in [0.05, 0.1) is 6.33 Å². The normalized spacial score (nSPS) is 11.4. The number of anilines is 1. The number of nitrogens with one attached hydrogen (secondary N) is 2. The quantitative estimate of drug-likeness (QED) is 0.281. The van der Waals surface area contributed by atoms with Gasteiger partial charge in [0, 0.05) is 30.7 Å². The van der Waals surface area contributed by atoms with Crippen LogP contribution in [0.3, 0.4) is 0 Å². The number of nitriles is 1. The maximum absolute atomic E-state index is 8.88. The van der Waals surface area contributed by atoms with Crippen molar-refractivity contribution in [2.75, 3.05) is 11.9 Å². The van der Waals surface area contributed by atoms with Gasteiger partial charge in [-0.2, -0.15) is 5.26 Å². The summed E-state index contributed by atoms with van der Waals surface area (Å²) in [5, 5.41) is 14.6. The Morgan fingerprint density at radius 1 is 1.33 bits per heavy atom. The highest BCUT2D eigenvalue weighted by atomic mass is 15.2. The molecule has 0 radical (unpaired) electrons. The number of benzene rings is 1. The average molecular weight is 324 g/mol. The number of aliphatic imine (C=N–C) groups is 1. The molecule has 0 fully saturated rings. The molecule has 0 spiro atoms. The van der Waals surface area contributed by atoms with Gasteiger partial charge in [0.2, 0.25) is 5.96 Å². The van der Waals surface area contributed by atoms with E-state index in [-0.39, 0.29) is 0 Å². The Balaban J connectivity index is 1.90. The molecule has 0 amide bonds. The molecule has 0 saturated carbocycles. The first-order chi connectivity index (χ1) is 11.6. The van der Waals surface area contributed by atoms with Gasteiger partial charge in [-0.15, -0.1) is 0 Å². The second-order valence-corrected chi connectivity index (χ2v) is 5.95. The van der Waals surface area contributed by atoms with Crippen molar-refractivity contribution in [3.8, 4) is 6.19 Å². The Bertz CT molecular complexity index is 706. The Morgan fingerprint density at radius 2 is 2.08 bits per heavy atom. The summed E-state index contributed by atoms with van der Waals surface area (Å²) >= 11 is 0. The Kier molecular flexibility index (Phi) is 6.38. The summed E-state index contributed by atoms with van der Waals surface area (Å²) in [5.41, 5.74) is 3.33. The molecule has 0 atom stereocenters. The second-order valence-electron chi connectivity index (χ2n) is 5.95. The van der Waals surface area contributed by atoms with Crippen molar-refractivity contribution in [3.63, 3.8) is 0 Å². The Morgan fingerprint density at radius 3 is 2.67 bits per heavy atom.